The van der Waals surface area contributed by atoms with E-state index in [4.69, 9.17) is 15.3 Å². The predicted molar refractivity (Wildman–Crippen MR) is 103 cm³/mol. The van der Waals surface area contributed by atoms with Crippen LogP contribution in [0.2, 0.25) is 0 Å². The molecule has 0 saturated carbocycles. The van der Waals surface area contributed by atoms with E-state index < -0.39 is 0 Å². The van der Waals surface area contributed by atoms with Crippen LogP contribution in [0.15, 0.2) is 42.6 Å². The first-order valence-electron chi connectivity index (χ1n) is 9.13. The summed E-state index contributed by atoms with van der Waals surface area (Å²) in [7, 11) is 1.58. The quantitative estimate of drug-likeness (QED) is 0.819. The molecule has 1 aromatic carbocycles. The lowest BCUT2D eigenvalue weighted by atomic mass is 10.1. The van der Waals surface area contributed by atoms with Crippen molar-refractivity contribution in [2.24, 2.45) is 0 Å². The summed E-state index contributed by atoms with van der Waals surface area (Å²) in [6, 6.07) is 15.7. The van der Waals surface area contributed by atoms with Crippen LogP contribution in [0.5, 0.6) is 5.75 Å². The van der Waals surface area contributed by atoms with Crippen LogP contribution < -0.4 is 9.64 Å². The van der Waals surface area contributed by atoms with Crippen molar-refractivity contribution in [2.75, 3.05) is 38.2 Å². The minimum atomic E-state index is 0.624. The lowest BCUT2D eigenvalue weighted by Gasteiger charge is -2.38. The zero-order valence-corrected chi connectivity index (χ0v) is 15.5. The number of piperazine rings is 1. The van der Waals surface area contributed by atoms with Gasteiger partial charge in [-0.25, -0.2) is 4.98 Å². The van der Waals surface area contributed by atoms with E-state index in [0.29, 0.717) is 17.2 Å². The van der Waals surface area contributed by atoms with Crippen molar-refractivity contribution in [3.05, 3.63) is 53.7 Å². The smallest absolute Gasteiger partial charge is 0.128 e. The Bertz CT molecular complexity index is 837. The van der Waals surface area contributed by atoms with Gasteiger partial charge >= 0.3 is 0 Å². The Morgan fingerprint density at radius 2 is 1.93 bits per heavy atom. The second-order valence-electron chi connectivity index (χ2n) is 6.64. The van der Waals surface area contributed by atoms with Gasteiger partial charge in [0.05, 0.1) is 24.3 Å². The second kappa shape index (κ2) is 9.02. The third-order valence-corrected chi connectivity index (χ3v) is 4.99. The van der Waals surface area contributed by atoms with Crippen molar-refractivity contribution in [2.45, 2.75) is 18.9 Å². The Morgan fingerprint density at radius 1 is 1.07 bits per heavy atom. The fourth-order valence-electron chi connectivity index (χ4n) is 3.53. The minimum absolute atomic E-state index is 0.624. The molecule has 138 valence electrons. The number of nitriles is 2. The zero-order valence-electron chi connectivity index (χ0n) is 15.5. The number of rotatable bonds is 2. The maximum absolute atomic E-state index is 8.75. The third kappa shape index (κ3) is 4.75. The van der Waals surface area contributed by atoms with Crippen molar-refractivity contribution >= 4 is 5.82 Å². The van der Waals surface area contributed by atoms with Crippen LogP contribution in [0.4, 0.5) is 5.82 Å². The van der Waals surface area contributed by atoms with E-state index >= 15 is 0 Å². The molecule has 3 heterocycles. The predicted octanol–water partition coefficient (Wildman–Crippen LogP) is 2.80. The number of anilines is 1. The molecule has 2 aliphatic heterocycles. The summed E-state index contributed by atoms with van der Waals surface area (Å²) in [5, 5.41) is 17.2. The molecule has 27 heavy (non-hydrogen) atoms. The van der Waals surface area contributed by atoms with E-state index in [9.17, 15) is 0 Å². The standard InChI is InChI=1S/C13H16N4.C8H7NO/c14-8-11-3-4-13(15-9-11)17-7-6-16-5-1-2-12(16)10-17;1-10-8-4-2-3-7(5-8)6-9/h3-4,9,12H,1-2,5-7,10H2;2-5H,1H3. The van der Waals surface area contributed by atoms with Crippen LogP contribution >= 0.6 is 0 Å². The molecule has 2 fully saturated rings. The summed E-state index contributed by atoms with van der Waals surface area (Å²) in [6.07, 6.45) is 4.31. The molecule has 2 aliphatic rings. The van der Waals surface area contributed by atoms with Crippen molar-refractivity contribution in [1.82, 2.24) is 9.88 Å². The summed E-state index contributed by atoms with van der Waals surface area (Å²) in [4.78, 5) is 9.30. The fourth-order valence-corrected chi connectivity index (χ4v) is 3.53. The van der Waals surface area contributed by atoms with Crippen molar-refractivity contribution < 1.29 is 4.74 Å². The molecule has 0 aliphatic carbocycles. The molecule has 0 bridgehead atoms. The molecule has 1 atom stereocenters. The third-order valence-electron chi connectivity index (χ3n) is 4.99. The summed E-state index contributed by atoms with van der Waals surface area (Å²) >= 11 is 0. The molecule has 2 aromatic rings. The van der Waals surface area contributed by atoms with Crippen LogP contribution in [0.25, 0.3) is 0 Å². The summed E-state index contributed by atoms with van der Waals surface area (Å²) in [6.45, 7) is 4.54. The van der Waals surface area contributed by atoms with Crippen LogP contribution in [0.3, 0.4) is 0 Å². The molecule has 1 unspecified atom stereocenters. The molecule has 0 radical (unpaired) electrons. The first-order valence-corrected chi connectivity index (χ1v) is 9.13. The molecular weight excluding hydrogens is 338 g/mol. The fraction of sp³-hybridized carbons (Fsp3) is 0.381. The van der Waals surface area contributed by atoms with E-state index in [-0.39, 0.29) is 0 Å². The largest absolute Gasteiger partial charge is 0.497 e. The van der Waals surface area contributed by atoms with Crippen LogP contribution in [-0.4, -0.2) is 49.2 Å². The van der Waals surface area contributed by atoms with Gasteiger partial charge in [0, 0.05) is 31.9 Å². The molecule has 6 nitrogen and oxygen atoms in total. The molecule has 4 rings (SSSR count). The van der Waals surface area contributed by atoms with Gasteiger partial charge in [0.1, 0.15) is 17.6 Å². The molecule has 0 N–H and O–H groups in total. The SMILES string of the molecule is COc1cccc(C#N)c1.N#Cc1ccc(N2CCN3CCCC3C2)nc1. The number of hydrogen-bond acceptors (Lipinski definition) is 6. The Hall–Kier alpha value is -3.09. The highest BCUT2D eigenvalue weighted by molar-refractivity contribution is 5.42. The Labute approximate surface area is 160 Å². The summed E-state index contributed by atoms with van der Waals surface area (Å²) in [5.74, 6) is 1.73. The van der Waals surface area contributed by atoms with E-state index in [0.717, 1.165) is 31.2 Å². The van der Waals surface area contributed by atoms with Gasteiger partial charge in [-0.1, -0.05) is 6.07 Å². The molecule has 0 amide bonds. The van der Waals surface area contributed by atoms with E-state index in [1.807, 2.05) is 18.2 Å². The maximum Gasteiger partial charge on any atom is 0.128 e. The zero-order chi connectivity index (χ0) is 19.1. The topological polar surface area (TPSA) is 76.2 Å². The van der Waals surface area contributed by atoms with Crippen molar-refractivity contribution in [1.29, 1.82) is 10.5 Å². The van der Waals surface area contributed by atoms with Crippen LogP contribution in [0.1, 0.15) is 24.0 Å². The Morgan fingerprint density at radius 3 is 2.63 bits per heavy atom. The number of aromatic nitrogens is 1. The van der Waals surface area contributed by atoms with Gasteiger partial charge in [0.2, 0.25) is 0 Å². The number of nitrogens with zero attached hydrogens (tertiary/aromatic N) is 5. The van der Waals surface area contributed by atoms with Crippen molar-refractivity contribution in [3.8, 4) is 17.9 Å². The highest BCUT2D eigenvalue weighted by Crippen LogP contribution is 2.24. The number of methoxy groups -OCH3 is 1. The van der Waals surface area contributed by atoms with Crippen LogP contribution in [-0.2, 0) is 0 Å². The number of fused-ring (bicyclic) bond motifs is 1. The average Bonchev–Trinajstić information content (AvgIpc) is 3.22. The maximum atomic E-state index is 8.75. The number of benzene rings is 1. The van der Waals surface area contributed by atoms with Crippen molar-refractivity contribution in [3.63, 3.8) is 0 Å². The molecule has 1 aromatic heterocycles. The summed E-state index contributed by atoms with van der Waals surface area (Å²) < 4.78 is 4.91. The lowest BCUT2D eigenvalue weighted by Crippen LogP contribution is -2.50. The van der Waals surface area contributed by atoms with E-state index in [1.165, 1.54) is 19.4 Å². The highest BCUT2D eigenvalue weighted by Gasteiger charge is 2.30. The second-order valence-corrected chi connectivity index (χ2v) is 6.64. The summed E-state index contributed by atoms with van der Waals surface area (Å²) in [5.41, 5.74) is 1.26. The highest BCUT2D eigenvalue weighted by atomic mass is 16.5. The van der Waals surface area contributed by atoms with Crippen LogP contribution in [0, 0.1) is 22.7 Å². The van der Waals surface area contributed by atoms with E-state index in [1.54, 1.807) is 37.6 Å². The number of hydrogen-bond donors (Lipinski definition) is 0. The Kier molecular flexibility index (Phi) is 6.25. The molecule has 6 heteroatoms. The van der Waals surface area contributed by atoms with Gasteiger partial charge < -0.3 is 9.64 Å². The number of pyridine rings is 1. The number of ether oxygens (including phenoxy) is 1. The normalized spacial score (nSPS) is 18.5. The first-order chi connectivity index (χ1) is 13.2. The monoisotopic (exact) mass is 361 g/mol. The molecule has 2 saturated heterocycles. The van der Waals surface area contributed by atoms with Gasteiger partial charge in [-0.15, -0.1) is 0 Å². The van der Waals surface area contributed by atoms with Gasteiger partial charge in [0.25, 0.3) is 0 Å². The van der Waals surface area contributed by atoms with E-state index in [2.05, 4.69) is 20.9 Å². The minimum Gasteiger partial charge on any atom is -0.497 e. The van der Waals surface area contributed by atoms with Gasteiger partial charge in [-0.2, -0.15) is 10.5 Å². The first kappa shape index (κ1) is 18.7. The Balaban J connectivity index is 0.000000180. The van der Waals surface area contributed by atoms with Gasteiger partial charge in [-0.3, -0.25) is 4.90 Å². The molecular formula is C21H23N5O. The lowest BCUT2D eigenvalue weighted by molar-refractivity contribution is 0.230. The van der Waals surface area contributed by atoms with Gasteiger partial charge in [0.15, 0.2) is 0 Å². The molecule has 0 spiro atoms. The average molecular weight is 361 g/mol. The van der Waals surface area contributed by atoms with Gasteiger partial charge in [-0.05, 0) is 49.7 Å².